The van der Waals surface area contributed by atoms with E-state index in [4.69, 9.17) is 9.73 Å². The minimum atomic E-state index is -0.277. The summed E-state index contributed by atoms with van der Waals surface area (Å²) in [4.78, 5) is 4.99. The Balaban J connectivity index is 1.96. The van der Waals surface area contributed by atoms with E-state index in [0.29, 0.717) is 5.75 Å². The highest BCUT2D eigenvalue weighted by Crippen LogP contribution is 2.47. The molecule has 0 fully saturated rings. The van der Waals surface area contributed by atoms with Gasteiger partial charge in [-0.3, -0.25) is 4.99 Å². The lowest BCUT2D eigenvalue weighted by molar-refractivity contribution is 0.134. The van der Waals surface area contributed by atoms with Gasteiger partial charge in [0.2, 0.25) is 0 Å². The van der Waals surface area contributed by atoms with E-state index in [1.54, 1.807) is 0 Å². The predicted octanol–water partition coefficient (Wildman–Crippen LogP) is 4.28. The molecule has 124 valence electrons. The summed E-state index contributed by atoms with van der Waals surface area (Å²) in [5, 5.41) is 10.5. The molecule has 2 aromatic rings. The van der Waals surface area contributed by atoms with Crippen LogP contribution in [-0.4, -0.2) is 22.0 Å². The van der Waals surface area contributed by atoms with Gasteiger partial charge in [0.15, 0.2) is 11.5 Å². The number of phenols is 1. The highest BCUT2D eigenvalue weighted by atomic mass is 16.5. The average Bonchev–Trinajstić information content (AvgIpc) is 2.85. The molecule has 0 radical (unpaired) electrons. The molecule has 0 amide bonds. The SMILES string of the molecule is CC1(C)Cc2c(cc(O)c3c2CC(C)(C)O3)C(c2ccccc2)=N1. The van der Waals surface area contributed by atoms with E-state index < -0.39 is 0 Å². The molecule has 0 unspecified atom stereocenters. The Kier molecular flexibility index (Phi) is 3.08. The lowest BCUT2D eigenvalue weighted by atomic mass is 9.81. The fraction of sp³-hybridized carbons (Fsp3) is 0.381. The first-order valence-electron chi connectivity index (χ1n) is 8.48. The second kappa shape index (κ2) is 4.85. The third-order valence-electron chi connectivity index (χ3n) is 4.78. The lowest BCUT2D eigenvalue weighted by Gasteiger charge is -2.30. The van der Waals surface area contributed by atoms with E-state index in [0.717, 1.165) is 35.2 Å². The minimum Gasteiger partial charge on any atom is -0.504 e. The monoisotopic (exact) mass is 321 g/mol. The Morgan fingerprint density at radius 3 is 2.42 bits per heavy atom. The number of aliphatic imine (C=N–C) groups is 1. The first kappa shape index (κ1) is 15.3. The van der Waals surface area contributed by atoms with E-state index in [-0.39, 0.29) is 16.9 Å². The van der Waals surface area contributed by atoms with E-state index in [9.17, 15) is 5.11 Å². The van der Waals surface area contributed by atoms with Gasteiger partial charge in [-0.2, -0.15) is 0 Å². The molecule has 24 heavy (non-hydrogen) atoms. The van der Waals surface area contributed by atoms with Crippen molar-refractivity contribution in [1.82, 2.24) is 0 Å². The lowest BCUT2D eigenvalue weighted by Crippen LogP contribution is -2.30. The van der Waals surface area contributed by atoms with Crippen molar-refractivity contribution in [2.45, 2.75) is 51.7 Å². The molecule has 2 aliphatic heterocycles. The first-order valence-corrected chi connectivity index (χ1v) is 8.48. The summed E-state index contributed by atoms with van der Waals surface area (Å²) in [5.41, 5.74) is 5.06. The fourth-order valence-corrected chi connectivity index (χ4v) is 3.85. The van der Waals surface area contributed by atoms with Crippen LogP contribution in [0.1, 0.15) is 49.9 Å². The fourth-order valence-electron chi connectivity index (χ4n) is 3.85. The van der Waals surface area contributed by atoms with E-state index in [2.05, 4.69) is 39.8 Å². The molecule has 3 nitrogen and oxygen atoms in total. The Morgan fingerprint density at radius 2 is 1.71 bits per heavy atom. The van der Waals surface area contributed by atoms with Crippen LogP contribution in [-0.2, 0) is 12.8 Å². The van der Waals surface area contributed by atoms with Crippen molar-refractivity contribution >= 4 is 5.71 Å². The smallest absolute Gasteiger partial charge is 0.165 e. The van der Waals surface area contributed by atoms with E-state index >= 15 is 0 Å². The number of rotatable bonds is 1. The number of aromatic hydroxyl groups is 1. The third kappa shape index (κ3) is 2.39. The van der Waals surface area contributed by atoms with Crippen LogP contribution in [0.5, 0.6) is 11.5 Å². The minimum absolute atomic E-state index is 0.171. The van der Waals surface area contributed by atoms with Gasteiger partial charge in [-0.05, 0) is 45.7 Å². The molecule has 0 saturated carbocycles. The highest BCUT2D eigenvalue weighted by Gasteiger charge is 2.39. The maximum atomic E-state index is 10.5. The van der Waals surface area contributed by atoms with Crippen LogP contribution in [0.15, 0.2) is 41.4 Å². The van der Waals surface area contributed by atoms with Gasteiger partial charge in [-0.15, -0.1) is 0 Å². The summed E-state index contributed by atoms with van der Waals surface area (Å²) >= 11 is 0. The Bertz CT molecular complexity index is 848. The molecular weight excluding hydrogens is 298 g/mol. The molecule has 2 heterocycles. The van der Waals surface area contributed by atoms with Gasteiger partial charge in [0.25, 0.3) is 0 Å². The summed E-state index contributed by atoms with van der Waals surface area (Å²) in [5.74, 6) is 0.876. The first-order chi connectivity index (χ1) is 11.3. The van der Waals surface area contributed by atoms with Crippen molar-refractivity contribution in [3.8, 4) is 11.5 Å². The van der Waals surface area contributed by atoms with E-state index in [1.165, 1.54) is 5.56 Å². The Morgan fingerprint density at radius 1 is 1.00 bits per heavy atom. The molecule has 0 aliphatic carbocycles. The number of hydrogen-bond acceptors (Lipinski definition) is 3. The van der Waals surface area contributed by atoms with Crippen LogP contribution in [0, 0.1) is 0 Å². The van der Waals surface area contributed by atoms with E-state index in [1.807, 2.05) is 24.3 Å². The van der Waals surface area contributed by atoms with Crippen LogP contribution >= 0.6 is 0 Å². The van der Waals surface area contributed by atoms with Gasteiger partial charge in [-0.25, -0.2) is 0 Å². The second-order valence-corrected chi connectivity index (χ2v) is 8.08. The third-order valence-corrected chi connectivity index (χ3v) is 4.78. The topological polar surface area (TPSA) is 41.8 Å². The largest absolute Gasteiger partial charge is 0.504 e. The number of benzene rings is 2. The summed E-state index contributed by atoms with van der Waals surface area (Å²) in [7, 11) is 0. The maximum absolute atomic E-state index is 10.5. The predicted molar refractivity (Wildman–Crippen MR) is 96.4 cm³/mol. The molecular formula is C21H23NO2. The molecule has 2 aromatic carbocycles. The normalized spacial score (nSPS) is 19.9. The molecule has 0 aromatic heterocycles. The quantitative estimate of drug-likeness (QED) is 0.852. The molecule has 0 atom stereocenters. The summed E-state index contributed by atoms with van der Waals surface area (Å²) in [6, 6.07) is 12.0. The molecule has 2 aliphatic rings. The zero-order valence-corrected chi connectivity index (χ0v) is 14.7. The van der Waals surface area contributed by atoms with Gasteiger partial charge in [-0.1, -0.05) is 30.3 Å². The Labute approximate surface area is 143 Å². The van der Waals surface area contributed by atoms with Gasteiger partial charge in [0.1, 0.15) is 5.60 Å². The van der Waals surface area contributed by atoms with Gasteiger partial charge in [0.05, 0.1) is 11.3 Å². The Hall–Kier alpha value is -2.29. The van der Waals surface area contributed by atoms with Crippen LogP contribution in [0.3, 0.4) is 0 Å². The molecule has 3 heteroatoms. The average molecular weight is 321 g/mol. The maximum Gasteiger partial charge on any atom is 0.165 e. The van der Waals surface area contributed by atoms with Gasteiger partial charge < -0.3 is 9.84 Å². The number of hydrogen-bond donors (Lipinski definition) is 1. The number of ether oxygens (including phenoxy) is 1. The van der Waals surface area contributed by atoms with Crippen molar-refractivity contribution in [3.63, 3.8) is 0 Å². The molecule has 1 N–H and O–H groups in total. The number of nitrogens with zero attached hydrogens (tertiary/aromatic N) is 1. The van der Waals surface area contributed by atoms with Crippen molar-refractivity contribution in [2.75, 3.05) is 0 Å². The van der Waals surface area contributed by atoms with Crippen LogP contribution in [0.4, 0.5) is 0 Å². The number of fused-ring (bicyclic) bond motifs is 3. The second-order valence-electron chi connectivity index (χ2n) is 8.08. The van der Waals surface area contributed by atoms with Crippen LogP contribution in [0.25, 0.3) is 0 Å². The molecule has 0 bridgehead atoms. The molecule has 4 rings (SSSR count). The van der Waals surface area contributed by atoms with Crippen molar-refractivity contribution in [3.05, 3.63) is 58.7 Å². The zero-order chi connectivity index (χ0) is 17.1. The van der Waals surface area contributed by atoms with Gasteiger partial charge in [0, 0.05) is 23.1 Å². The summed E-state index contributed by atoms with van der Waals surface area (Å²) in [6.07, 6.45) is 1.68. The van der Waals surface area contributed by atoms with Crippen molar-refractivity contribution in [1.29, 1.82) is 0 Å². The number of phenolic OH excluding ortho intramolecular Hbond substituents is 1. The molecule has 0 spiro atoms. The van der Waals surface area contributed by atoms with Crippen LogP contribution < -0.4 is 4.74 Å². The van der Waals surface area contributed by atoms with Crippen molar-refractivity contribution < 1.29 is 9.84 Å². The standard InChI is InChI=1S/C21H23NO2/c1-20(2)11-15-14(18(22-20)13-8-6-5-7-9-13)10-17(23)19-16(15)12-21(3,4)24-19/h5-10,23H,11-12H2,1-4H3. The zero-order valence-electron chi connectivity index (χ0n) is 14.7. The van der Waals surface area contributed by atoms with Crippen LogP contribution in [0.2, 0.25) is 0 Å². The molecule has 0 saturated heterocycles. The van der Waals surface area contributed by atoms with Gasteiger partial charge >= 0.3 is 0 Å². The summed E-state index contributed by atoms with van der Waals surface area (Å²) in [6.45, 7) is 8.47. The van der Waals surface area contributed by atoms with Crippen molar-refractivity contribution in [2.24, 2.45) is 4.99 Å². The summed E-state index contributed by atoms with van der Waals surface area (Å²) < 4.78 is 6.01. The highest BCUT2D eigenvalue weighted by molar-refractivity contribution is 6.15.